The zero-order chi connectivity index (χ0) is 24.4. The van der Waals surface area contributed by atoms with Gasteiger partial charge < -0.3 is 15.5 Å². The third kappa shape index (κ3) is 5.43. The van der Waals surface area contributed by atoms with Crippen molar-refractivity contribution in [1.29, 1.82) is 0 Å². The summed E-state index contributed by atoms with van der Waals surface area (Å²) in [6, 6.07) is 11.7. The standard InChI is InChI=1S/C25H32N8OS/c1-4-23(34)26-18-7-9-19(10-8-18)35-24-28-20(27-21-13-17(2)30-31-21)14-22(29-24)32-15-25(3,16-32)33-11-5-6-12-33/h7-10,13-14H,4-6,11-12,15-16H2,1-3H3,(H,26,34)(H2,27,28,29,30,31). The van der Waals surface area contributed by atoms with E-state index in [9.17, 15) is 4.79 Å². The van der Waals surface area contributed by atoms with Crippen LogP contribution in [-0.2, 0) is 4.79 Å². The van der Waals surface area contributed by atoms with Crippen molar-refractivity contribution in [3.8, 4) is 0 Å². The molecule has 2 fully saturated rings. The Labute approximate surface area is 210 Å². The van der Waals surface area contributed by atoms with E-state index in [-0.39, 0.29) is 11.4 Å². The molecule has 0 bridgehead atoms. The number of H-pyrrole nitrogens is 1. The number of aromatic nitrogens is 4. The van der Waals surface area contributed by atoms with E-state index in [1.807, 2.05) is 50.2 Å². The van der Waals surface area contributed by atoms with Crippen molar-refractivity contribution in [3.63, 3.8) is 0 Å². The number of aryl methyl sites for hydroxylation is 1. The molecule has 9 nitrogen and oxygen atoms in total. The fraction of sp³-hybridized carbons (Fsp3) is 0.440. The van der Waals surface area contributed by atoms with Crippen molar-refractivity contribution in [2.24, 2.45) is 0 Å². The van der Waals surface area contributed by atoms with Gasteiger partial charge in [-0.3, -0.25) is 14.8 Å². The van der Waals surface area contributed by atoms with Crippen LogP contribution in [-0.4, -0.2) is 62.7 Å². The molecule has 3 aromatic rings. The summed E-state index contributed by atoms with van der Waals surface area (Å²) in [4.78, 5) is 27.3. The Bertz CT molecular complexity index is 1180. The SMILES string of the molecule is CCC(=O)Nc1ccc(Sc2nc(Nc3cc(C)n[nH]3)cc(N3CC(C)(N4CCCC4)C3)n2)cc1. The van der Waals surface area contributed by atoms with E-state index in [2.05, 4.69) is 37.6 Å². The monoisotopic (exact) mass is 492 g/mol. The number of nitrogens with zero attached hydrogens (tertiary/aromatic N) is 5. The molecule has 2 saturated heterocycles. The second-order valence-corrected chi connectivity index (χ2v) is 10.6. The Morgan fingerprint density at radius 3 is 2.54 bits per heavy atom. The van der Waals surface area contributed by atoms with Crippen LogP contribution >= 0.6 is 11.8 Å². The molecular formula is C25H32N8OS. The summed E-state index contributed by atoms with van der Waals surface area (Å²) in [6.45, 7) is 10.4. The maximum atomic E-state index is 11.7. The first-order chi connectivity index (χ1) is 16.9. The minimum absolute atomic E-state index is 0.00155. The second kappa shape index (κ2) is 9.87. The number of carbonyl (C=O) groups is 1. The van der Waals surface area contributed by atoms with Crippen LogP contribution in [0.4, 0.5) is 23.1 Å². The molecule has 35 heavy (non-hydrogen) atoms. The Morgan fingerprint density at radius 2 is 1.89 bits per heavy atom. The molecule has 184 valence electrons. The normalized spacial score (nSPS) is 17.3. The number of likely N-dealkylation sites (tertiary alicyclic amines) is 1. The summed E-state index contributed by atoms with van der Waals surface area (Å²) in [6.07, 6.45) is 3.04. The van der Waals surface area contributed by atoms with Gasteiger partial charge in [-0.05, 0) is 75.8 Å². The van der Waals surface area contributed by atoms with Gasteiger partial charge in [-0.25, -0.2) is 9.97 Å². The van der Waals surface area contributed by atoms with Gasteiger partial charge in [0.25, 0.3) is 0 Å². The summed E-state index contributed by atoms with van der Waals surface area (Å²) in [7, 11) is 0. The molecule has 0 spiro atoms. The summed E-state index contributed by atoms with van der Waals surface area (Å²) < 4.78 is 0. The third-order valence-corrected chi connectivity index (χ3v) is 7.46. The van der Waals surface area contributed by atoms with Gasteiger partial charge in [0.15, 0.2) is 5.16 Å². The van der Waals surface area contributed by atoms with Crippen LogP contribution in [0.1, 0.15) is 38.8 Å². The summed E-state index contributed by atoms with van der Waals surface area (Å²) >= 11 is 1.50. The average Bonchev–Trinajstić information content (AvgIpc) is 3.50. The maximum absolute atomic E-state index is 11.7. The molecule has 5 rings (SSSR count). The van der Waals surface area contributed by atoms with Crippen molar-refractivity contribution in [2.45, 2.75) is 55.6 Å². The number of amides is 1. The second-order valence-electron chi connectivity index (χ2n) is 9.52. The molecular weight excluding hydrogens is 460 g/mol. The quantitative estimate of drug-likeness (QED) is 0.397. The van der Waals surface area contributed by atoms with E-state index in [1.54, 1.807) is 0 Å². The first-order valence-corrected chi connectivity index (χ1v) is 13.0. The third-order valence-electron chi connectivity index (χ3n) is 6.59. The number of hydrogen-bond donors (Lipinski definition) is 3. The zero-order valence-electron chi connectivity index (χ0n) is 20.5. The molecule has 3 N–H and O–H groups in total. The minimum atomic E-state index is 0.00155. The highest BCUT2D eigenvalue weighted by Gasteiger charge is 2.45. The number of aromatic amines is 1. The van der Waals surface area contributed by atoms with Crippen LogP contribution in [0.2, 0.25) is 0 Å². The zero-order valence-corrected chi connectivity index (χ0v) is 21.3. The van der Waals surface area contributed by atoms with Gasteiger partial charge in [0.1, 0.15) is 17.5 Å². The van der Waals surface area contributed by atoms with Gasteiger partial charge in [0, 0.05) is 42.2 Å². The highest BCUT2D eigenvalue weighted by molar-refractivity contribution is 7.99. The van der Waals surface area contributed by atoms with Crippen molar-refractivity contribution in [3.05, 3.63) is 42.1 Å². The number of nitrogens with one attached hydrogen (secondary N) is 3. The summed E-state index contributed by atoms with van der Waals surface area (Å²) in [5.41, 5.74) is 1.91. The van der Waals surface area contributed by atoms with E-state index in [1.165, 1.54) is 37.7 Å². The van der Waals surface area contributed by atoms with E-state index in [0.717, 1.165) is 46.8 Å². The largest absolute Gasteiger partial charge is 0.353 e. The molecule has 0 unspecified atom stereocenters. The van der Waals surface area contributed by atoms with E-state index >= 15 is 0 Å². The van der Waals surface area contributed by atoms with Crippen molar-refractivity contribution < 1.29 is 4.79 Å². The van der Waals surface area contributed by atoms with Crippen LogP contribution in [0.25, 0.3) is 0 Å². The molecule has 2 aromatic heterocycles. The van der Waals surface area contributed by atoms with Crippen molar-refractivity contribution >= 4 is 40.8 Å². The van der Waals surface area contributed by atoms with Crippen molar-refractivity contribution in [2.75, 3.05) is 41.7 Å². The first-order valence-electron chi connectivity index (χ1n) is 12.2. The lowest BCUT2D eigenvalue weighted by Crippen LogP contribution is -2.68. The summed E-state index contributed by atoms with van der Waals surface area (Å²) in [5.74, 6) is 2.44. The lowest BCUT2D eigenvalue weighted by atomic mass is 9.90. The molecule has 10 heteroatoms. The smallest absolute Gasteiger partial charge is 0.224 e. The van der Waals surface area contributed by atoms with Crippen LogP contribution in [0.15, 0.2) is 46.5 Å². The Hall–Kier alpha value is -3.11. The first kappa shape index (κ1) is 23.6. The fourth-order valence-corrected chi connectivity index (χ4v) is 5.43. The van der Waals surface area contributed by atoms with Gasteiger partial charge in [-0.15, -0.1) is 0 Å². The van der Waals surface area contributed by atoms with Crippen LogP contribution in [0.3, 0.4) is 0 Å². The van der Waals surface area contributed by atoms with Gasteiger partial charge in [-0.2, -0.15) is 5.10 Å². The predicted molar refractivity (Wildman–Crippen MR) is 140 cm³/mol. The number of hydrogen-bond acceptors (Lipinski definition) is 8. The highest BCUT2D eigenvalue weighted by Crippen LogP contribution is 2.36. The number of anilines is 4. The lowest BCUT2D eigenvalue weighted by Gasteiger charge is -2.53. The number of benzene rings is 1. The molecule has 2 aliphatic rings. The Morgan fingerprint density at radius 1 is 1.14 bits per heavy atom. The molecule has 0 atom stereocenters. The highest BCUT2D eigenvalue weighted by atomic mass is 32.2. The topological polar surface area (TPSA) is 102 Å². The van der Waals surface area contributed by atoms with Crippen LogP contribution in [0, 0.1) is 6.92 Å². The molecule has 2 aliphatic heterocycles. The summed E-state index contributed by atoms with van der Waals surface area (Å²) in [5, 5.41) is 14.1. The maximum Gasteiger partial charge on any atom is 0.224 e. The Balaban J connectivity index is 1.35. The van der Waals surface area contributed by atoms with E-state index in [0.29, 0.717) is 11.6 Å². The Kier molecular flexibility index (Phi) is 6.66. The molecule has 4 heterocycles. The van der Waals surface area contributed by atoms with Gasteiger partial charge in [0.2, 0.25) is 5.91 Å². The lowest BCUT2D eigenvalue weighted by molar-refractivity contribution is -0.115. The molecule has 0 radical (unpaired) electrons. The van der Waals surface area contributed by atoms with E-state index in [4.69, 9.17) is 9.97 Å². The average molecular weight is 493 g/mol. The minimum Gasteiger partial charge on any atom is -0.353 e. The van der Waals surface area contributed by atoms with E-state index < -0.39 is 0 Å². The van der Waals surface area contributed by atoms with Crippen molar-refractivity contribution in [1.82, 2.24) is 25.1 Å². The van der Waals surface area contributed by atoms with Gasteiger partial charge >= 0.3 is 0 Å². The van der Waals surface area contributed by atoms with Gasteiger partial charge in [-0.1, -0.05) is 6.92 Å². The van der Waals surface area contributed by atoms with Crippen LogP contribution < -0.4 is 15.5 Å². The molecule has 0 aliphatic carbocycles. The number of rotatable bonds is 8. The van der Waals surface area contributed by atoms with Crippen LogP contribution in [0.5, 0.6) is 0 Å². The molecule has 0 saturated carbocycles. The fourth-order valence-electron chi connectivity index (χ4n) is 4.66. The number of carbonyl (C=O) groups excluding carboxylic acids is 1. The molecule has 1 amide bonds. The predicted octanol–water partition coefficient (Wildman–Crippen LogP) is 4.43. The van der Waals surface area contributed by atoms with Gasteiger partial charge in [0.05, 0.1) is 11.2 Å². The molecule has 1 aromatic carbocycles.